The number of rotatable bonds is 75. The van der Waals surface area contributed by atoms with Gasteiger partial charge in [-0.15, -0.1) is 0 Å². The molecular weight excluding hydrogens is 1250 g/mol. The van der Waals surface area contributed by atoms with Crippen molar-refractivity contribution in [1.82, 2.24) is 0 Å². The predicted molar refractivity (Wildman–Crippen MR) is 386 cm³/mol. The number of hydrogen-bond acceptors (Lipinski definition) is 15. The molecule has 0 aliphatic rings. The zero-order valence-electron chi connectivity index (χ0n) is 62.0. The lowest BCUT2D eigenvalue weighted by atomic mass is 10.0. The van der Waals surface area contributed by atoms with Crippen molar-refractivity contribution in [3.63, 3.8) is 0 Å². The third kappa shape index (κ3) is 70.3. The van der Waals surface area contributed by atoms with Gasteiger partial charge < -0.3 is 33.8 Å². The Morgan fingerprint density at radius 3 is 0.716 bits per heavy atom. The second kappa shape index (κ2) is 67.9. The smallest absolute Gasteiger partial charge is 0.462 e. The van der Waals surface area contributed by atoms with Crippen LogP contribution in [0.5, 0.6) is 0 Å². The minimum absolute atomic E-state index is 0.107. The van der Waals surface area contributed by atoms with Crippen LogP contribution in [0.25, 0.3) is 0 Å². The highest BCUT2D eigenvalue weighted by atomic mass is 31.2. The predicted octanol–water partition coefficient (Wildman–Crippen LogP) is 22.3. The van der Waals surface area contributed by atoms with Crippen LogP contribution in [0.2, 0.25) is 0 Å². The Kier molecular flexibility index (Phi) is 66.5. The van der Waals surface area contributed by atoms with Gasteiger partial charge in [0.25, 0.3) is 0 Å². The molecule has 2 unspecified atom stereocenters. The van der Waals surface area contributed by atoms with Crippen molar-refractivity contribution in [3.8, 4) is 0 Å². The van der Waals surface area contributed by atoms with Gasteiger partial charge in [0.05, 0.1) is 26.4 Å². The maximum absolute atomic E-state index is 13.1. The molecule has 0 aromatic carbocycles. The van der Waals surface area contributed by atoms with E-state index in [4.69, 9.17) is 37.0 Å². The first-order valence-electron chi connectivity index (χ1n) is 39.5. The summed E-state index contributed by atoms with van der Waals surface area (Å²) < 4.78 is 68.5. The standard InChI is InChI=1S/C76H148O17P2/c1-7-9-11-13-15-17-19-21-23-28-31-35-39-46-52-58-73(78)86-64-71(92-75(80)61-55-49-41-37-33-29-25-24-26-30-34-38-44-50-56-68(3)4)66-90-94(82,83)88-62-70(77)63-89-95(84,85)91-67-72(65-87-74(79)59-53-47-43-42-45-51-57-69(5)6)93-76(81)60-54-48-40-36-32-27-22-20-18-16-14-12-10-8-2/h68-72,77H,7-67H2,1-6H3,(H,82,83)(H,84,85)/t70-,71-,72-/m1/s1. The molecule has 95 heavy (non-hydrogen) atoms. The van der Waals surface area contributed by atoms with Gasteiger partial charge in [-0.05, 0) is 37.5 Å². The number of carbonyl (C=O) groups excluding carboxylic acids is 4. The Bertz CT molecular complexity index is 1840. The van der Waals surface area contributed by atoms with Gasteiger partial charge in [-0.1, -0.05) is 343 Å². The van der Waals surface area contributed by atoms with E-state index in [2.05, 4.69) is 41.5 Å². The molecule has 564 valence electrons. The number of esters is 4. The number of ether oxygens (including phenoxy) is 4. The molecule has 17 nitrogen and oxygen atoms in total. The van der Waals surface area contributed by atoms with Crippen LogP contribution in [0, 0.1) is 11.8 Å². The van der Waals surface area contributed by atoms with Crippen molar-refractivity contribution >= 4 is 39.5 Å². The normalized spacial score (nSPS) is 14.0. The minimum atomic E-state index is -4.96. The van der Waals surface area contributed by atoms with Crippen LogP contribution in [0.3, 0.4) is 0 Å². The zero-order valence-corrected chi connectivity index (χ0v) is 63.8. The summed E-state index contributed by atoms with van der Waals surface area (Å²) in [6, 6.07) is 0. The van der Waals surface area contributed by atoms with Gasteiger partial charge in [0, 0.05) is 25.7 Å². The van der Waals surface area contributed by atoms with Crippen LogP contribution in [-0.4, -0.2) is 96.7 Å². The lowest BCUT2D eigenvalue weighted by Gasteiger charge is -2.21. The van der Waals surface area contributed by atoms with Crippen LogP contribution in [0.1, 0.15) is 395 Å². The first-order valence-corrected chi connectivity index (χ1v) is 42.5. The second-order valence-electron chi connectivity index (χ2n) is 28.3. The molecule has 0 amide bonds. The molecule has 0 aromatic heterocycles. The molecular formula is C76H148O17P2. The molecule has 0 saturated heterocycles. The lowest BCUT2D eigenvalue weighted by molar-refractivity contribution is -0.161. The highest BCUT2D eigenvalue weighted by Gasteiger charge is 2.30. The van der Waals surface area contributed by atoms with E-state index in [1.807, 2.05) is 0 Å². The molecule has 0 aliphatic carbocycles. The van der Waals surface area contributed by atoms with Crippen molar-refractivity contribution in [2.75, 3.05) is 39.6 Å². The van der Waals surface area contributed by atoms with E-state index in [1.165, 1.54) is 205 Å². The molecule has 5 atom stereocenters. The van der Waals surface area contributed by atoms with Crippen molar-refractivity contribution in [3.05, 3.63) is 0 Å². The summed E-state index contributed by atoms with van der Waals surface area (Å²) >= 11 is 0. The number of aliphatic hydroxyl groups is 1. The molecule has 0 saturated carbocycles. The van der Waals surface area contributed by atoms with Gasteiger partial charge in [-0.25, -0.2) is 9.13 Å². The molecule has 19 heteroatoms. The van der Waals surface area contributed by atoms with Gasteiger partial charge in [0.1, 0.15) is 19.3 Å². The van der Waals surface area contributed by atoms with E-state index >= 15 is 0 Å². The fraction of sp³-hybridized carbons (Fsp3) is 0.947. The summed E-state index contributed by atoms with van der Waals surface area (Å²) in [7, 11) is -9.91. The number of phosphoric acid groups is 2. The van der Waals surface area contributed by atoms with Crippen LogP contribution in [0.15, 0.2) is 0 Å². The molecule has 0 heterocycles. The SMILES string of the molecule is CCCCCCCCCCCCCCCCCC(=O)OC[C@H](COP(=O)(O)OC[C@@H](O)COP(=O)(O)OC[C@@H](COC(=O)CCCCCCCCC(C)C)OC(=O)CCCCCCCCCCCCCCCC)OC(=O)CCCCCCCCCCCCCCCCC(C)C. The summed E-state index contributed by atoms with van der Waals surface area (Å²) in [4.78, 5) is 72.8. The largest absolute Gasteiger partial charge is 0.472 e. The summed E-state index contributed by atoms with van der Waals surface area (Å²) in [6.07, 6.45) is 55.5. The Hall–Kier alpha value is -1.94. The number of carbonyl (C=O) groups is 4. The zero-order chi connectivity index (χ0) is 70.0. The van der Waals surface area contributed by atoms with Crippen molar-refractivity contribution < 1.29 is 80.2 Å². The molecule has 0 fully saturated rings. The van der Waals surface area contributed by atoms with E-state index in [1.54, 1.807) is 0 Å². The number of phosphoric ester groups is 2. The van der Waals surface area contributed by atoms with Gasteiger partial charge >= 0.3 is 39.5 Å². The Balaban J connectivity index is 5.24. The van der Waals surface area contributed by atoms with Crippen LogP contribution < -0.4 is 0 Å². The maximum Gasteiger partial charge on any atom is 0.472 e. The summed E-state index contributed by atoms with van der Waals surface area (Å²) in [5.74, 6) is -0.641. The average Bonchev–Trinajstić information content (AvgIpc) is 1.87. The third-order valence-electron chi connectivity index (χ3n) is 17.7. The highest BCUT2D eigenvalue weighted by molar-refractivity contribution is 7.47. The minimum Gasteiger partial charge on any atom is -0.462 e. The Morgan fingerprint density at radius 1 is 0.284 bits per heavy atom. The van der Waals surface area contributed by atoms with Gasteiger partial charge in [0.15, 0.2) is 12.2 Å². The monoisotopic (exact) mass is 1400 g/mol. The maximum atomic E-state index is 13.1. The van der Waals surface area contributed by atoms with E-state index < -0.39 is 97.5 Å². The molecule has 0 aromatic rings. The van der Waals surface area contributed by atoms with E-state index in [9.17, 15) is 43.2 Å². The first-order chi connectivity index (χ1) is 45.9. The van der Waals surface area contributed by atoms with E-state index in [0.29, 0.717) is 31.6 Å². The van der Waals surface area contributed by atoms with Gasteiger partial charge in [-0.2, -0.15) is 0 Å². The number of aliphatic hydroxyl groups excluding tert-OH is 1. The fourth-order valence-corrected chi connectivity index (χ4v) is 13.2. The molecule has 3 N–H and O–H groups in total. The van der Waals surface area contributed by atoms with Gasteiger partial charge in [0.2, 0.25) is 0 Å². The molecule has 0 aliphatic heterocycles. The molecule has 0 radical (unpaired) electrons. The van der Waals surface area contributed by atoms with Gasteiger partial charge in [-0.3, -0.25) is 37.3 Å². The summed E-state index contributed by atoms with van der Waals surface area (Å²) in [5.41, 5.74) is 0. The highest BCUT2D eigenvalue weighted by Crippen LogP contribution is 2.45. The fourth-order valence-electron chi connectivity index (χ4n) is 11.7. The molecule has 0 spiro atoms. The first kappa shape index (κ1) is 93.1. The number of unbranched alkanes of at least 4 members (excludes halogenated alkanes) is 45. The summed E-state index contributed by atoms with van der Waals surface area (Å²) in [5, 5.41) is 10.6. The van der Waals surface area contributed by atoms with Crippen LogP contribution in [0.4, 0.5) is 0 Å². The second-order valence-corrected chi connectivity index (χ2v) is 31.3. The molecule has 0 rings (SSSR count). The summed E-state index contributed by atoms with van der Waals surface area (Å²) in [6.45, 7) is 9.55. The lowest BCUT2D eigenvalue weighted by Crippen LogP contribution is -2.30. The topological polar surface area (TPSA) is 237 Å². The van der Waals surface area contributed by atoms with Crippen molar-refractivity contribution in [2.24, 2.45) is 11.8 Å². The van der Waals surface area contributed by atoms with E-state index in [-0.39, 0.29) is 25.7 Å². The quantitative estimate of drug-likeness (QED) is 0.0222. The van der Waals surface area contributed by atoms with E-state index in [0.717, 1.165) is 102 Å². The van der Waals surface area contributed by atoms with Crippen molar-refractivity contribution in [2.45, 2.75) is 413 Å². The van der Waals surface area contributed by atoms with Crippen molar-refractivity contribution in [1.29, 1.82) is 0 Å². The Morgan fingerprint density at radius 2 is 0.484 bits per heavy atom. The molecule has 0 bridgehead atoms. The Labute approximate surface area is 581 Å². The average molecular weight is 1400 g/mol. The third-order valence-corrected chi connectivity index (χ3v) is 19.6. The number of hydrogen-bond donors (Lipinski definition) is 3. The van der Waals surface area contributed by atoms with Crippen LogP contribution in [-0.2, 0) is 65.4 Å². The van der Waals surface area contributed by atoms with Crippen LogP contribution >= 0.6 is 15.6 Å².